The Morgan fingerprint density at radius 2 is 1.84 bits per heavy atom. The number of thiocarbonyl (C=S) groups is 1. The van der Waals surface area contributed by atoms with Crippen molar-refractivity contribution in [3.05, 3.63) is 87.7 Å². The second-order valence-corrected chi connectivity index (χ2v) is 8.35. The molecule has 1 aliphatic rings. The molecule has 3 aromatic rings. The van der Waals surface area contributed by atoms with Crippen LogP contribution in [-0.2, 0) is 9.59 Å². The normalized spacial score (nSPS) is 15.2. The van der Waals surface area contributed by atoms with E-state index >= 15 is 0 Å². The fourth-order valence-electron chi connectivity index (χ4n) is 3.41. The summed E-state index contributed by atoms with van der Waals surface area (Å²) in [7, 11) is 0. The Labute approximate surface area is 197 Å². The summed E-state index contributed by atoms with van der Waals surface area (Å²) in [6.07, 6.45) is 3.25. The highest BCUT2D eigenvalue weighted by Crippen LogP contribution is 2.28. The molecule has 32 heavy (non-hydrogen) atoms. The Morgan fingerprint density at radius 1 is 1.12 bits per heavy atom. The highest BCUT2D eigenvalue weighted by atomic mass is 79.9. The molecule has 0 spiro atoms. The Morgan fingerprint density at radius 3 is 2.50 bits per heavy atom. The fourth-order valence-corrected chi connectivity index (χ4v) is 4.15. The number of aryl methyl sites for hydroxylation is 1. The molecule has 1 aromatic heterocycles. The quantitative estimate of drug-likeness (QED) is 0.314. The molecule has 160 valence electrons. The number of nitrogens with zero attached hydrogens (tertiary/aromatic N) is 2. The second kappa shape index (κ2) is 8.52. The van der Waals surface area contributed by atoms with Gasteiger partial charge in [-0.25, -0.2) is 4.79 Å². The first kappa shape index (κ1) is 21.7. The lowest BCUT2D eigenvalue weighted by atomic mass is 10.1. The van der Waals surface area contributed by atoms with Crippen molar-refractivity contribution in [2.75, 3.05) is 4.90 Å². The summed E-state index contributed by atoms with van der Waals surface area (Å²) in [5.74, 6) is -2.13. The molecular weight excluding hydrogens is 494 g/mol. The molecule has 4 rings (SSSR count). The molecule has 0 radical (unpaired) electrons. The van der Waals surface area contributed by atoms with Crippen LogP contribution in [0.4, 0.5) is 5.69 Å². The number of halogens is 1. The van der Waals surface area contributed by atoms with E-state index < -0.39 is 17.8 Å². The number of nitrogens with one attached hydrogen (secondary N) is 1. The molecule has 0 atom stereocenters. The van der Waals surface area contributed by atoms with Crippen molar-refractivity contribution in [1.29, 1.82) is 0 Å². The van der Waals surface area contributed by atoms with Crippen LogP contribution in [0.15, 0.2) is 70.8 Å². The number of amides is 2. The molecule has 2 amide bonds. The van der Waals surface area contributed by atoms with E-state index in [0.717, 1.165) is 10.0 Å². The first-order valence-electron chi connectivity index (χ1n) is 9.45. The van der Waals surface area contributed by atoms with E-state index in [2.05, 4.69) is 21.2 Å². The predicted octanol–water partition coefficient (Wildman–Crippen LogP) is 4.08. The van der Waals surface area contributed by atoms with Crippen LogP contribution in [0.3, 0.4) is 0 Å². The van der Waals surface area contributed by atoms with E-state index in [-0.39, 0.29) is 16.2 Å². The number of hydrogen-bond donors (Lipinski definition) is 2. The largest absolute Gasteiger partial charge is 0.478 e. The molecule has 1 saturated heterocycles. The molecule has 7 nitrogen and oxygen atoms in total. The molecule has 0 saturated carbocycles. The monoisotopic (exact) mass is 509 g/mol. The lowest BCUT2D eigenvalue weighted by Crippen LogP contribution is -2.54. The molecule has 2 N–H and O–H groups in total. The maximum Gasteiger partial charge on any atom is 0.335 e. The number of rotatable bonds is 4. The summed E-state index contributed by atoms with van der Waals surface area (Å²) < 4.78 is 2.61. The number of carbonyl (C=O) groups excluding carboxylic acids is 2. The van der Waals surface area contributed by atoms with E-state index in [4.69, 9.17) is 17.3 Å². The van der Waals surface area contributed by atoms with Crippen LogP contribution in [0, 0.1) is 6.92 Å². The van der Waals surface area contributed by atoms with Crippen molar-refractivity contribution >= 4 is 62.8 Å². The van der Waals surface area contributed by atoms with Gasteiger partial charge in [0.2, 0.25) is 0 Å². The van der Waals surface area contributed by atoms with Gasteiger partial charge in [-0.05, 0) is 85.4 Å². The van der Waals surface area contributed by atoms with Crippen LogP contribution in [0.25, 0.3) is 11.8 Å². The van der Waals surface area contributed by atoms with Gasteiger partial charge in [0.25, 0.3) is 11.8 Å². The van der Waals surface area contributed by atoms with Gasteiger partial charge in [-0.1, -0.05) is 15.9 Å². The van der Waals surface area contributed by atoms with Gasteiger partial charge in [-0.15, -0.1) is 0 Å². The third-order valence-electron chi connectivity index (χ3n) is 4.97. The van der Waals surface area contributed by atoms with E-state index in [1.165, 1.54) is 23.1 Å². The van der Waals surface area contributed by atoms with Crippen molar-refractivity contribution in [1.82, 2.24) is 9.88 Å². The summed E-state index contributed by atoms with van der Waals surface area (Å²) in [5.41, 5.74) is 2.75. The number of hydrogen-bond acceptors (Lipinski definition) is 4. The fraction of sp³-hybridized carbons (Fsp3) is 0.0435. The zero-order valence-electron chi connectivity index (χ0n) is 16.7. The number of carboxylic acids is 1. The second-order valence-electron chi connectivity index (χ2n) is 7.04. The Kier molecular flexibility index (Phi) is 5.77. The first-order valence-corrected chi connectivity index (χ1v) is 10.6. The van der Waals surface area contributed by atoms with Crippen LogP contribution in [0.2, 0.25) is 0 Å². The van der Waals surface area contributed by atoms with Crippen LogP contribution in [-0.4, -0.2) is 32.6 Å². The van der Waals surface area contributed by atoms with E-state index in [0.29, 0.717) is 17.1 Å². The van der Waals surface area contributed by atoms with Crippen LogP contribution in [0.5, 0.6) is 0 Å². The highest BCUT2D eigenvalue weighted by Gasteiger charge is 2.35. The minimum atomic E-state index is -1.02. The first-order chi connectivity index (χ1) is 15.3. The maximum atomic E-state index is 13.3. The summed E-state index contributed by atoms with van der Waals surface area (Å²) >= 11 is 8.67. The topological polar surface area (TPSA) is 91.6 Å². The molecule has 0 aliphatic carbocycles. The third kappa shape index (κ3) is 4.00. The molecular formula is C23H16BrN3O4S. The average Bonchev–Trinajstić information content (AvgIpc) is 3.21. The van der Waals surface area contributed by atoms with E-state index in [1.54, 1.807) is 47.2 Å². The Balaban J connectivity index is 1.73. The smallest absolute Gasteiger partial charge is 0.335 e. The summed E-state index contributed by atoms with van der Waals surface area (Å²) in [4.78, 5) is 38.3. The Bertz CT molecular complexity index is 1310. The van der Waals surface area contributed by atoms with Gasteiger partial charge in [0, 0.05) is 22.1 Å². The number of carbonyl (C=O) groups is 3. The van der Waals surface area contributed by atoms with Gasteiger partial charge >= 0.3 is 5.97 Å². The van der Waals surface area contributed by atoms with Crippen molar-refractivity contribution < 1.29 is 19.5 Å². The number of aromatic nitrogens is 1. The van der Waals surface area contributed by atoms with Gasteiger partial charge in [0.15, 0.2) is 5.11 Å². The number of anilines is 1. The van der Waals surface area contributed by atoms with Crippen molar-refractivity contribution in [3.63, 3.8) is 0 Å². The lowest BCUT2D eigenvalue weighted by molar-refractivity contribution is -0.122. The van der Waals surface area contributed by atoms with Crippen LogP contribution in [0.1, 0.15) is 21.6 Å². The molecule has 0 bridgehead atoms. The van der Waals surface area contributed by atoms with Gasteiger partial charge in [0.1, 0.15) is 5.57 Å². The lowest BCUT2D eigenvalue weighted by Gasteiger charge is -2.30. The zero-order chi connectivity index (χ0) is 23.0. The SMILES string of the molecule is Cc1cc(Br)ccc1N1C(=O)/C(=C/c2cccn2-c2ccc(C(=O)O)cc2)C(=O)NC1=S. The van der Waals surface area contributed by atoms with Gasteiger partial charge in [-0.3, -0.25) is 19.8 Å². The molecule has 1 aliphatic heterocycles. The van der Waals surface area contributed by atoms with Crippen molar-refractivity contribution in [2.24, 2.45) is 0 Å². The third-order valence-corrected chi connectivity index (χ3v) is 5.74. The zero-order valence-corrected chi connectivity index (χ0v) is 19.1. The molecule has 9 heteroatoms. The summed E-state index contributed by atoms with van der Waals surface area (Å²) in [5, 5.41) is 11.7. The number of aromatic carboxylic acids is 1. The minimum Gasteiger partial charge on any atom is -0.478 e. The van der Waals surface area contributed by atoms with Gasteiger partial charge in [-0.2, -0.15) is 0 Å². The van der Waals surface area contributed by atoms with Crippen LogP contribution >= 0.6 is 28.1 Å². The standard InChI is InChI=1S/C23H16BrN3O4S/c1-13-11-15(24)6-9-19(13)27-21(29)18(20(28)25-23(27)32)12-17-3-2-10-26(17)16-7-4-14(5-8-16)22(30)31/h2-12H,1H3,(H,30,31)(H,25,28,32)/b18-12+. The molecule has 2 aromatic carbocycles. The van der Waals surface area contributed by atoms with Gasteiger partial charge in [0.05, 0.1) is 11.3 Å². The predicted molar refractivity (Wildman–Crippen MR) is 128 cm³/mol. The molecule has 0 unspecified atom stereocenters. The summed E-state index contributed by atoms with van der Waals surface area (Å²) in [6, 6.07) is 15.2. The highest BCUT2D eigenvalue weighted by molar-refractivity contribution is 9.10. The van der Waals surface area contributed by atoms with E-state index in [1.807, 2.05) is 13.0 Å². The number of benzene rings is 2. The number of carboxylic acid groups (broad SMARTS) is 1. The van der Waals surface area contributed by atoms with Gasteiger partial charge < -0.3 is 9.67 Å². The van der Waals surface area contributed by atoms with Crippen LogP contribution < -0.4 is 10.2 Å². The van der Waals surface area contributed by atoms with Crippen molar-refractivity contribution in [3.8, 4) is 5.69 Å². The van der Waals surface area contributed by atoms with Crippen molar-refractivity contribution in [2.45, 2.75) is 6.92 Å². The maximum absolute atomic E-state index is 13.3. The average molecular weight is 510 g/mol. The Hall–Kier alpha value is -3.56. The molecule has 1 fully saturated rings. The molecule has 2 heterocycles. The van der Waals surface area contributed by atoms with E-state index in [9.17, 15) is 14.4 Å². The minimum absolute atomic E-state index is 0.0159. The summed E-state index contributed by atoms with van der Waals surface area (Å²) in [6.45, 7) is 1.85.